The molecular weight excluding hydrogens is 310 g/mol. The maximum absolute atomic E-state index is 12.6. The van der Waals surface area contributed by atoms with E-state index >= 15 is 0 Å². The van der Waals surface area contributed by atoms with Crippen LogP contribution in [0.25, 0.3) is 0 Å². The topological polar surface area (TPSA) is 93.2 Å². The molecule has 24 heavy (non-hydrogen) atoms. The number of hydrogen-bond donors (Lipinski definition) is 1. The summed E-state index contributed by atoms with van der Waals surface area (Å²) in [5.74, 6) is -0.00972. The molecule has 0 unspecified atom stereocenters. The molecule has 128 valence electrons. The van der Waals surface area contributed by atoms with Gasteiger partial charge in [0.05, 0.1) is 18.8 Å². The number of rotatable bonds is 5. The fourth-order valence-corrected chi connectivity index (χ4v) is 3.25. The summed E-state index contributed by atoms with van der Waals surface area (Å²) in [5, 5.41) is 17.2. The molecule has 8 heteroatoms. The Labute approximate surface area is 139 Å². The number of carbonyl (C=O) groups is 1. The lowest BCUT2D eigenvalue weighted by Gasteiger charge is -2.25. The van der Waals surface area contributed by atoms with Gasteiger partial charge in [0.25, 0.3) is 5.56 Å². The third-order valence-electron chi connectivity index (χ3n) is 4.44. The first-order valence-electron chi connectivity index (χ1n) is 8.08. The molecule has 2 aromatic heterocycles. The van der Waals surface area contributed by atoms with Crippen LogP contribution in [0.5, 0.6) is 5.75 Å². The molecule has 8 nitrogen and oxygen atoms in total. The minimum atomic E-state index is -0.291. The number of aromatic hydroxyl groups is 1. The van der Waals surface area contributed by atoms with Crippen molar-refractivity contribution >= 4 is 5.91 Å². The van der Waals surface area contributed by atoms with Crippen molar-refractivity contribution in [1.29, 1.82) is 0 Å². The molecular formula is C16H21N5O3. The number of amides is 1. The smallest absolute Gasteiger partial charge is 0.254 e. The van der Waals surface area contributed by atoms with Crippen LogP contribution in [-0.2, 0) is 17.9 Å². The van der Waals surface area contributed by atoms with E-state index in [2.05, 4.69) is 10.3 Å². The van der Waals surface area contributed by atoms with Crippen molar-refractivity contribution in [2.45, 2.75) is 45.3 Å². The molecule has 0 bridgehead atoms. The van der Waals surface area contributed by atoms with Gasteiger partial charge >= 0.3 is 0 Å². The summed E-state index contributed by atoms with van der Waals surface area (Å²) < 4.78 is 3.25. The Morgan fingerprint density at radius 2 is 2.25 bits per heavy atom. The fourth-order valence-electron chi connectivity index (χ4n) is 3.25. The van der Waals surface area contributed by atoms with Gasteiger partial charge in [0, 0.05) is 37.5 Å². The zero-order valence-corrected chi connectivity index (χ0v) is 13.6. The van der Waals surface area contributed by atoms with Crippen LogP contribution in [-0.4, -0.2) is 48.1 Å². The van der Waals surface area contributed by atoms with Crippen LogP contribution in [0.4, 0.5) is 0 Å². The third kappa shape index (κ3) is 3.47. The van der Waals surface area contributed by atoms with E-state index in [1.165, 1.54) is 16.7 Å². The summed E-state index contributed by atoms with van der Waals surface area (Å²) >= 11 is 0. The Morgan fingerprint density at radius 3 is 2.96 bits per heavy atom. The predicted octanol–water partition coefficient (Wildman–Crippen LogP) is 0.535. The maximum Gasteiger partial charge on any atom is 0.254 e. The van der Waals surface area contributed by atoms with Gasteiger partial charge in [0.15, 0.2) is 0 Å². The lowest BCUT2D eigenvalue weighted by molar-refractivity contribution is -0.132. The zero-order chi connectivity index (χ0) is 17.1. The molecule has 1 aliphatic heterocycles. The lowest BCUT2D eigenvalue weighted by atomic mass is 10.2. The van der Waals surface area contributed by atoms with Gasteiger partial charge < -0.3 is 14.6 Å². The number of nitrogens with zero attached hydrogens (tertiary/aromatic N) is 5. The van der Waals surface area contributed by atoms with E-state index in [9.17, 15) is 14.7 Å². The number of aryl methyl sites for hydroxylation is 1. The average Bonchev–Trinajstić information content (AvgIpc) is 3.18. The van der Waals surface area contributed by atoms with Crippen molar-refractivity contribution in [3.63, 3.8) is 0 Å². The number of aromatic nitrogens is 4. The molecule has 2 aromatic rings. The van der Waals surface area contributed by atoms with Gasteiger partial charge in [0.1, 0.15) is 5.75 Å². The highest BCUT2D eigenvalue weighted by molar-refractivity contribution is 5.76. The minimum Gasteiger partial charge on any atom is -0.508 e. The van der Waals surface area contributed by atoms with Crippen molar-refractivity contribution in [3.05, 3.63) is 40.6 Å². The molecule has 0 aliphatic carbocycles. The van der Waals surface area contributed by atoms with Crippen LogP contribution in [0, 0.1) is 6.92 Å². The van der Waals surface area contributed by atoms with Crippen molar-refractivity contribution < 1.29 is 9.90 Å². The summed E-state index contributed by atoms with van der Waals surface area (Å²) in [5.41, 5.74) is 0.356. The number of pyridine rings is 1. The van der Waals surface area contributed by atoms with Crippen LogP contribution < -0.4 is 5.56 Å². The van der Waals surface area contributed by atoms with Gasteiger partial charge in [-0.2, -0.15) is 0 Å². The van der Waals surface area contributed by atoms with E-state index in [1.807, 2.05) is 4.90 Å². The second-order valence-electron chi connectivity index (χ2n) is 6.10. The standard InChI is InChI=1S/C16H21N5O3/c1-12-9-14(22)10-16(24)20(12)7-4-15(23)21-6-2-3-13(21)11-19-8-5-17-18-19/h5,8-10,13,22H,2-4,6-7,11H2,1H3/t13-/m0/s1. The molecule has 3 heterocycles. The van der Waals surface area contributed by atoms with E-state index in [0.717, 1.165) is 19.4 Å². The minimum absolute atomic E-state index is 0.0389. The number of likely N-dealkylation sites (tertiary alicyclic amines) is 1. The van der Waals surface area contributed by atoms with E-state index < -0.39 is 0 Å². The molecule has 0 radical (unpaired) electrons. The van der Waals surface area contributed by atoms with Crippen molar-refractivity contribution in [2.24, 2.45) is 0 Å². The van der Waals surface area contributed by atoms with Gasteiger partial charge in [-0.15, -0.1) is 5.10 Å². The first kappa shape index (κ1) is 16.2. The molecule has 3 rings (SSSR count). The Kier molecular flexibility index (Phi) is 4.64. The summed E-state index contributed by atoms with van der Waals surface area (Å²) in [4.78, 5) is 26.4. The molecule has 1 amide bonds. The van der Waals surface area contributed by atoms with Crippen LogP contribution in [0.3, 0.4) is 0 Å². The third-order valence-corrected chi connectivity index (χ3v) is 4.44. The van der Waals surface area contributed by atoms with E-state index in [-0.39, 0.29) is 29.7 Å². The highest BCUT2D eigenvalue weighted by atomic mass is 16.3. The van der Waals surface area contributed by atoms with Gasteiger partial charge in [0.2, 0.25) is 5.91 Å². The lowest BCUT2D eigenvalue weighted by Crippen LogP contribution is -2.39. The van der Waals surface area contributed by atoms with Crippen molar-refractivity contribution in [1.82, 2.24) is 24.5 Å². The van der Waals surface area contributed by atoms with E-state index in [1.54, 1.807) is 24.0 Å². The Hall–Kier alpha value is -2.64. The Balaban J connectivity index is 1.63. The predicted molar refractivity (Wildman–Crippen MR) is 86.5 cm³/mol. The maximum atomic E-state index is 12.6. The summed E-state index contributed by atoms with van der Waals surface area (Å²) in [6.07, 6.45) is 5.61. The molecule has 1 fully saturated rings. The van der Waals surface area contributed by atoms with Gasteiger partial charge in [-0.05, 0) is 25.8 Å². The van der Waals surface area contributed by atoms with Crippen molar-refractivity contribution in [3.8, 4) is 5.75 Å². The quantitative estimate of drug-likeness (QED) is 0.863. The highest BCUT2D eigenvalue weighted by Gasteiger charge is 2.28. The number of carbonyl (C=O) groups excluding carboxylic acids is 1. The fraction of sp³-hybridized carbons (Fsp3) is 0.500. The van der Waals surface area contributed by atoms with Crippen LogP contribution in [0.1, 0.15) is 25.0 Å². The van der Waals surface area contributed by atoms with Crippen LogP contribution >= 0.6 is 0 Å². The largest absolute Gasteiger partial charge is 0.508 e. The number of hydrogen-bond acceptors (Lipinski definition) is 5. The zero-order valence-electron chi connectivity index (χ0n) is 13.6. The second kappa shape index (κ2) is 6.86. The van der Waals surface area contributed by atoms with Crippen LogP contribution in [0.15, 0.2) is 29.3 Å². The molecule has 0 saturated carbocycles. The first-order chi connectivity index (χ1) is 11.5. The summed E-state index contributed by atoms with van der Waals surface area (Å²) in [7, 11) is 0. The normalized spacial score (nSPS) is 17.4. The Morgan fingerprint density at radius 1 is 1.42 bits per heavy atom. The molecule has 1 saturated heterocycles. The second-order valence-corrected chi connectivity index (χ2v) is 6.10. The van der Waals surface area contributed by atoms with Crippen LogP contribution in [0.2, 0.25) is 0 Å². The first-order valence-corrected chi connectivity index (χ1v) is 8.08. The molecule has 1 atom stereocenters. The highest BCUT2D eigenvalue weighted by Crippen LogP contribution is 2.20. The SMILES string of the molecule is Cc1cc(O)cc(=O)n1CCC(=O)N1CCC[C@H]1Cn1ccnn1. The molecule has 0 spiro atoms. The molecule has 1 aliphatic rings. The summed E-state index contributed by atoms with van der Waals surface area (Å²) in [6, 6.07) is 2.81. The Bertz CT molecular complexity index is 769. The summed E-state index contributed by atoms with van der Waals surface area (Å²) in [6.45, 7) is 3.44. The van der Waals surface area contributed by atoms with Gasteiger partial charge in [-0.1, -0.05) is 5.21 Å². The average molecular weight is 331 g/mol. The van der Waals surface area contributed by atoms with Crippen molar-refractivity contribution in [2.75, 3.05) is 6.54 Å². The van der Waals surface area contributed by atoms with E-state index in [4.69, 9.17) is 0 Å². The van der Waals surface area contributed by atoms with E-state index in [0.29, 0.717) is 18.8 Å². The monoisotopic (exact) mass is 331 g/mol. The van der Waals surface area contributed by atoms with Gasteiger partial charge in [-0.25, -0.2) is 0 Å². The molecule has 0 aromatic carbocycles. The van der Waals surface area contributed by atoms with Gasteiger partial charge in [-0.3, -0.25) is 14.3 Å². The molecule has 1 N–H and O–H groups in total.